The van der Waals surface area contributed by atoms with E-state index in [1.807, 2.05) is 17.9 Å². The zero-order valence-electron chi connectivity index (χ0n) is 14.2. The van der Waals surface area contributed by atoms with Gasteiger partial charge in [0.2, 0.25) is 12.3 Å². The van der Waals surface area contributed by atoms with Crippen molar-refractivity contribution in [2.75, 3.05) is 19.7 Å². The molecule has 0 radical (unpaired) electrons. The summed E-state index contributed by atoms with van der Waals surface area (Å²) in [6, 6.07) is 2.00. The number of fused-ring (bicyclic) bond motifs is 2. The number of carbonyl (C=O) groups is 1. The van der Waals surface area contributed by atoms with Crippen LogP contribution in [0.2, 0.25) is 0 Å². The second-order valence-electron chi connectivity index (χ2n) is 6.97. The van der Waals surface area contributed by atoms with Crippen molar-refractivity contribution in [3.63, 3.8) is 0 Å². The predicted octanol–water partition coefficient (Wildman–Crippen LogP) is 1.65. The minimum Gasteiger partial charge on any atom is -0.382 e. The van der Waals surface area contributed by atoms with Crippen LogP contribution in [0.4, 0.5) is 8.78 Å². The van der Waals surface area contributed by atoms with Crippen LogP contribution in [-0.2, 0) is 28.0 Å². The molecule has 0 bridgehead atoms. The molecule has 1 spiro atoms. The molecule has 1 saturated heterocycles. The first-order valence-electron chi connectivity index (χ1n) is 8.56. The number of nitrogens with two attached hydrogens (primary N) is 1. The van der Waals surface area contributed by atoms with E-state index in [1.165, 1.54) is 11.3 Å². The number of thiophene rings is 1. The van der Waals surface area contributed by atoms with Gasteiger partial charge in [-0.15, -0.1) is 11.3 Å². The number of rotatable bonds is 5. The Hall–Kier alpha value is -1.09. The minimum absolute atomic E-state index is 0.0920. The number of hydrogen-bond acceptors (Lipinski definition) is 5. The number of hydrogen-bond donors (Lipinski definition) is 2. The minimum atomic E-state index is -2.34. The van der Waals surface area contributed by atoms with Crippen molar-refractivity contribution in [1.82, 2.24) is 4.90 Å². The van der Waals surface area contributed by atoms with Crippen molar-refractivity contribution in [3.05, 3.63) is 21.4 Å². The van der Waals surface area contributed by atoms with Gasteiger partial charge in [0.05, 0.1) is 6.61 Å². The van der Waals surface area contributed by atoms with Crippen LogP contribution in [0.15, 0.2) is 6.07 Å². The quantitative estimate of drug-likeness (QED) is 0.822. The summed E-state index contributed by atoms with van der Waals surface area (Å²) in [6.45, 7) is 3.49. The number of ether oxygens (including phenoxy) is 1. The molecule has 0 aliphatic carbocycles. The first kappa shape index (κ1) is 18.7. The maximum absolute atomic E-state index is 12.7. The van der Waals surface area contributed by atoms with E-state index in [4.69, 9.17) is 10.5 Å². The molecular weight excluding hydrogens is 350 g/mol. The number of alkyl halides is 2. The van der Waals surface area contributed by atoms with Gasteiger partial charge in [0, 0.05) is 35.3 Å². The molecule has 3 atom stereocenters. The van der Waals surface area contributed by atoms with E-state index < -0.39 is 24.0 Å². The Morgan fingerprint density at radius 2 is 2.36 bits per heavy atom. The number of carbonyl (C=O) groups excluding carboxylic acids is 1. The monoisotopic (exact) mass is 374 g/mol. The average molecular weight is 374 g/mol. The van der Waals surface area contributed by atoms with Gasteiger partial charge in [-0.1, -0.05) is 0 Å². The summed E-state index contributed by atoms with van der Waals surface area (Å²) in [5.41, 5.74) is 5.83. The number of piperidine rings is 1. The fourth-order valence-electron chi connectivity index (χ4n) is 3.91. The molecule has 140 valence electrons. The van der Waals surface area contributed by atoms with Gasteiger partial charge in [-0.25, -0.2) is 8.78 Å². The third-order valence-electron chi connectivity index (χ3n) is 5.17. The maximum Gasteiger partial charge on any atom is 0.247 e. The van der Waals surface area contributed by atoms with Crippen molar-refractivity contribution in [2.24, 2.45) is 5.73 Å². The van der Waals surface area contributed by atoms with Gasteiger partial charge in [-0.3, -0.25) is 9.69 Å². The number of aliphatic hydroxyl groups excluding tert-OH is 1. The lowest BCUT2D eigenvalue weighted by Gasteiger charge is -2.47. The summed E-state index contributed by atoms with van der Waals surface area (Å²) >= 11 is 1.44. The summed E-state index contributed by atoms with van der Waals surface area (Å²) in [5, 5.41) is 9.73. The molecule has 8 heteroatoms. The Morgan fingerprint density at radius 3 is 3.00 bits per heavy atom. The predicted molar refractivity (Wildman–Crippen MR) is 90.8 cm³/mol. The summed E-state index contributed by atoms with van der Waals surface area (Å²) in [4.78, 5) is 14.9. The SMILES string of the molecule is C[C@H]1CC2(CCN1C[C@@H](O)C(N)=O)OCCc1cc(CC(F)F)sc12. The van der Waals surface area contributed by atoms with Crippen molar-refractivity contribution >= 4 is 17.2 Å². The van der Waals surface area contributed by atoms with E-state index in [9.17, 15) is 18.7 Å². The third kappa shape index (κ3) is 3.86. The number of halogens is 2. The number of amides is 1. The van der Waals surface area contributed by atoms with Gasteiger partial charge in [-0.05, 0) is 37.8 Å². The second-order valence-corrected chi connectivity index (χ2v) is 8.11. The van der Waals surface area contributed by atoms with Crippen LogP contribution in [0.3, 0.4) is 0 Å². The van der Waals surface area contributed by atoms with Crippen molar-refractivity contribution in [2.45, 2.75) is 56.8 Å². The standard InChI is InChI=1S/C17H24F2N2O3S/c1-10-8-17(3-4-21(10)9-13(22)16(20)23)15-11(2-5-24-17)6-12(25-15)7-14(18)19/h6,10,13-14,22H,2-5,7-9H2,1H3,(H2,20,23)/t10-,13+,17?/m0/s1. The molecule has 2 aliphatic heterocycles. The highest BCUT2D eigenvalue weighted by Crippen LogP contribution is 2.47. The van der Waals surface area contributed by atoms with Crippen LogP contribution in [-0.4, -0.2) is 54.2 Å². The zero-order chi connectivity index (χ0) is 18.2. The molecule has 2 aliphatic rings. The van der Waals surface area contributed by atoms with Gasteiger partial charge in [0.1, 0.15) is 11.7 Å². The van der Waals surface area contributed by atoms with Gasteiger partial charge in [0.15, 0.2) is 0 Å². The Labute approximate surface area is 149 Å². The Morgan fingerprint density at radius 1 is 1.60 bits per heavy atom. The van der Waals surface area contributed by atoms with Crippen LogP contribution in [0, 0.1) is 0 Å². The van der Waals surface area contributed by atoms with Crippen LogP contribution in [0.5, 0.6) is 0 Å². The van der Waals surface area contributed by atoms with Crippen LogP contribution in [0.1, 0.15) is 35.1 Å². The van der Waals surface area contributed by atoms with E-state index in [-0.39, 0.29) is 19.0 Å². The van der Waals surface area contributed by atoms with Gasteiger partial charge >= 0.3 is 0 Å². The lowest BCUT2D eigenvalue weighted by Crippen LogP contribution is -2.53. The van der Waals surface area contributed by atoms with E-state index in [1.54, 1.807) is 0 Å². The molecule has 3 heterocycles. The summed E-state index contributed by atoms with van der Waals surface area (Å²) in [5.74, 6) is -0.724. The first-order chi connectivity index (χ1) is 11.8. The van der Waals surface area contributed by atoms with Crippen LogP contribution < -0.4 is 5.73 Å². The van der Waals surface area contributed by atoms with Crippen LogP contribution >= 0.6 is 11.3 Å². The highest BCUT2D eigenvalue weighted by molar-refractivity contribution is 7.12. The third-order valence-corrected chi connectivity index (χ3v) is 6.55. The smallest absolute Gasteiger partial charge is 0.247 e. The molecule has 1 amide bonds. The number of aliphatic hydroxyl groups is 1. The lowest BCUT2D eigenvalue weighted by molar-refractivity contribution is -0.131. The summed E-state index contributed by atoms with van der Waals surface area (Å²) < 4.78 is 31.6. The molecular formula is C17H24F2N2O3S. The number of nitrogens with zero attached hydrogens (tertiary/aromatic N) is 1. The molecule has 0 saturated carbocycles. The number of β-amino-alcohol motifs (C(OH)–C–C–N with tert-alkyl or cyclic N) is 1. The van der Waals surface area contributed by atoms with Gasteiger partial charge in [-0.2, -0.15) is 0 Å². The van der Waals surface area contributed by atoms with E-state index in [2.05, 4.69) is 0 Å². The zero-order valence-corrected chi connectivity index (χ0v) is 15.0. The molecule has 3 N–H and O–H groups in total. The topological polar surface area (TPSA) is 75.8 Å². The molecule has 1 fully saturated rings. The molecule has 1 unspecified atom stereocenters. The molecule has 25 heavy (non-hydrogen) atoms. The Bertz CT molecular complexity index is 639. The molecule has 5 nitrogen and oxygen atoms in total. The van der Waals surface area contributed by atoms with E-state index >= 15 is 0 Å². The largest absolute Gasteiger partial charge is 0.382 e. The molecule has 1 aromatic heterocycles. The van der Waals surface area contributed by atoms with Crippen molar-refractivity contribution < 1.29 is 23.4 Å². The number of likely N-dealkylation sites (tertiary alicyclic amines) is 1. The van der Waals surface area contributed by atoms with E-state index in [0.29, 0.717) is 30.9 Å². The fourth-order valence-corrected chi connectivity index (χ4v) is 5.30. The van der Waals surface area contributed by atoms with Crippen LogP contribution in [0.25, 0.3) is 0 Å². The number of primary amides is 1. The highest BCUT2D eigenvalue weighted by Gasteiger charge is 2.45. The summed E-state index contributed by atoms with van der Waals surface area (Å²) in [7, 11) is 0. The van der Waals surface area contributed by atoms with E-state index in [0.717, 1.165) is 16.9 Å². The summed E-state index contributed by atoms with van der Waals surface area (Å²) in [6.07, 6.45) is -1.55. The first-order valence-corrected chi connectivity index (χ1v) is 9.38. The second kappa shape index (κ2) is 7.26. The molecule has 1 aromatic rings. The Balaban J connectivity index is 1.76. The average Bonchev–Trinajstić information content (AvgIpc) is 2.93. The highest BCUT2D eigenvalue weighted by atomic mass is 32.1. The molecule has 3 rings (SSSR count). The molecule has 0 aromatic carbocycles. The maximum atomic E-state index is 12.7. The van der Waals surface area contributed by atoms with Gasteiger partial charge < -0.3 is 15.6 Å². The normalized spacial score (nSPS) is 28.3. The lowest BCUT2D eigenvalue weighted by atomic mass is 9.82. The van der Waals surface area contributed by atoms with Crippen molar-refractivity contribution in [1.29, 1.82) is 0 Å². The Kier molecular flexibility index (Phi) is 5.43. The fraction of sp³-hybridized carbons (Fsp3) is 0.706. The van der Waals surface area contributed by atoms with Gasteiger partial charge in [0.25, 0.3) is 0 Å². The van der Waals surface area contributed by atoms with Crippen molar-refractivity contribution in [3.8, 4) is 0 Å².